The lowest BCUT2D eigenvalue weighted by Crippen LogP contribution is -2.14. The number of anilines is 2. The molecule has 27 heavy (non-hydrogen) atoms. The van der Waals surface area contributed by atoms with E-state index in [2.05, 4.69) is 15.6 Å². The monoisotopic (exact) mass is 371 g/mol. The number of carbonyl (C=O) groups excluding carboxylic acids is 1. The van der Waals surface area contributed by atoms with Crippen LogP contribution in [0.4, 0.5) is 24.7 Å². The van der Waals surface area contributed by atoms with Crippen LogP contribution in [-0.2, 0) is 6.42 Å². The van der Waals surface area contributed by atoms with Crippen LogP contribution < -0.4 is 10.6 Å². The maximum Gasteiger partial charge on any atom is 0.257 e. The molecule has 1 heterocycles. The Bertz CT molecular complexity index is 945. The van der Waals surface area contributed by atoms with Crippen molar-refractivity contribution in [2.24, 2.45) is 0 Å². The van der Waals surface area contributed by atoms with Crippen LogP contribution in [0, 0.1) is 17.5 Å². The van der Waals surface area contributed by atoms with Gasteiger partial charge in [0.25, 0.3) is 5.91 Å². The normalized spacial score (nSPS) is 10.5. The van der Waals surface area contributed by atoms with Crippen molar-refractivity contribution in [3.8, 4) is 0 Å². The summed E-state index contributed by atoms with van der Waals surface area (Å²) in [5.74, 6) is -1.88. The average Bonchev–Trinajstić information content (AvgIpc) is 2.66. The molecule has 0 radical (unpaired) electrons. The molecule has 0 saturated heterocycles. The third-order valence-electron chi connectivity index (χ3n) is 3.86. The molecular formula is C20H16F3N3O. The highest BCUT2D eigenvalue weighted by Crippen LogP contribution is 2.16. The van der Waals surface area contributed by atoms with Crippen molar-refractivity contribution in [3.05, 3.63) is 89.4 Å². The van der Waals surface area contributed by atoms with Gasteiger partial charge in [0.15, 0.2) is 0 Å². The van der Waals surface area contributed by atoms with Crippen molar-refractivity contribution in [1.29, 1.82) is 0 Å². The first-order valence-corrected chi connectivity index (χ1v) is 8.22. The summed E-state index contributed by atoms with van der Waals surface area (Å²) in [5.41, 5.74) is 0.703. The second kappa shape index (κ2) is 8.35. The average molecular weight is 371 g/mol. The van der Waals surface area contributed by atoms with E-state index in [4.69, 9.17) is 0 Å². The number of aromatic nitrogens is 1. The number of carbonyl (C=O) groups is 1. The van der Waals surface area contributed by atoms with Crippen molar-refractivity contribution in [2.75, 3.05) is 17.2 Å². The van der Waals surface area contributed by atoms with Gasteiger partial charge < -0.3 is 10.6 Å². The number of rotatable bonds is 6. The van der Waals surface area contributed by atoms with E-state index in [0.717, 1.165) is 12.1 Å². The van der Waals surface area contributed by atoms with Crippen molar-refractivity contribution in [3.63, 3.8) is 0 Å². The van der Waals surface area contributed by atoms with Gasteiger partial charge in [0, 0.05) is 18.8 Å². The van der Waals surface area contributed by atoms with Crippen molar-refractivity contribution < 1.29 is 18.0 Å². The zero-order valence-electron chi connectivity index (χ0n) is 14.2. The van der Waals surface area contributed by atoms with E-state index in [1.165, 1.54) is 18.3 Å². The Balaban J connectivity index is 1.56. The topological polar surface area (TPSA) is 54.0 Å². The fourth-order valence-corrected chi connectivity index (χ4v) is 2.44. The van der Waals surface area contributed by atoms with Gasteiger partial charge in [-0.15, -0.1) is 0 Å². The molecule has 0 spiro atoms. The van der Waals surface area contributed by atoms with Crippen molar-refractivity contribution in [2.45, 2.75) is 6.42 Å². The van der Waals surface area contributed by atoms with Gasteiger partial charge in [0.05, 0.1) is 11.3 Å². The second-order valence-electron chi connectivity index (χ2n) is 5.78. The molecule has 0 unspecified atom stereocenters. The van der Waals surface area contributed by atoms with E-state index < -0.39 is 17.5 Å². The molecule has 7 heteroatoms. The second-order valence-corrected chi connectivity index (χ2v) is 5.78. The number of hydrogen-bond acceptors (Lipinski definition) is 3. The first-order valence-electron chi connectivity index (χ1n) is 8.22. The highest BCUT2D eigenvalue weighted by molar-refractivity contribution is 6.04. The van der Waals surface area contributed by atoms with E-state index in [0.29, 0.717) is 30.4 Å². The maximum atomic E-state index is 13.6. The number of hydrogen-bond donors (Lipinski definition) is 2. The lowest BCUT2D eigenvalue weighted by atomic mass is 10.1. The SMILES string of the molecule is O=C(Nc1ccc(F)cc1F)c1ccc(NCCc2ccccc2F)nc1. The van der Waals surface area contributed by atoms with E-state index in [-0.39, 0.29) is 17.1 Å². The standard InChI is InChI=1S/C20H16F3N3O/c21-15-6-7-18(17(23)11-15)26-20(27)14-5-8-19(25-12-14)24-10-9-13-3-1-2-4-16(13)22/h1-8,11-12H,9-10H2,(H,24,25)(H,26,27). The van der Waals surface area contributed by atoms with Gasteiger partial charge in [-0.3, -0.25) is 4.79 Å². The molecule has 2 N–H and O–H groups in total. The third kappa shape index (κ3) is 4.84. The molecular weight excluding hydrogens is 355 g/mol. The minimum absolute atomic E-state index is 0.117. The van der Waals surface area contributed by atoms with Crippen LogP contribution >= 0.6 is 0 Å². The molecule has 138 valence electrons. The smallest absolute Gasteiger partial charge is 0.257 e. The lowest BCUT2D eigenvalue weighted by molar-refractivity contribution is 0.102. The van der Waals surface area contributed by atoms with Crippen LogP contribution in [0.15, 0.2) is 60.8 Å². The third-order valence-corrected chi connectivity index (χ3v) is 3.86. The maximum absolute atomic E-state index is 13.6. The lowest BCUT2D eigenvalue weighted by Gasteiger charge is -2.08. The number of pyridine rings is 1. The molecule has 0 atom stereocenters. The highest BCUT2D eigenvalue weighted by atomic mass is 19.1. The fraction of sp³-hybridized carbons (Fsp3) is 0.100. The van der Waals surface area contributed by atoms with Gasteiger partial charge in [0.1, 0.15) is 23.3 Å². The zero-order valence-corrected chi connectivity index (χ0v) is 14.2. The first kappa shape index (κ1) is 18.4. The predicted octanol–water partition coefficient (Wildman–Crippen LogP) is 4.41. The number of benzene rings is 2. The quantitative estimate of drug-likeness (QED) is 0.675. The van der Waals surface area contributed by atoms with Crippen LogP contribution in [-0.4, -0.2) is 17.4 Å². The molecule has 0 aliphatic rings. The first-order chi connectivity index (χ1) is 13.0. The Morgan fingerprint density at radius 1 is 0.963 bits per heavy atom. The fourth-order valence-electron chi connectivity index (χ4n) is 2.44. The molecule has 0 bridgehead atoms. The van der Waals surface area contributed by atoms with Crippen LogP contribution in [0.5, 0.6) is 0 Å². The largest absolute Gasteiger partial charge is 0.370 e. The van der Waals surface area contributed by atoms with Crippen LogP contribution in [0.25, 0.3) is 0 Å². The van der Waals surface area contributed by atoms with E-state index in [9.17, 15) is 18.0 Å². The molecule has 0 aliphatic carbocycles. The van der Waals surface area contributed by atoms with E-state index >= 15 is 0 Å². The number of nitrogens with zero attached hydrogens (tertiary/aromatic N) is 1. The van der Waals surface area contributed by atoms with Gasteiger partial charge in [-0.2, -0.15) is 0 Å². The molecule has 2 aromatic carbocycles. The van der Waals surface area contributed by atoms with Gasteiger partial charge in [0.2, 0.25) is 0 Å². The Kier molecular flexibility index (Phi) is 5.71. The minimum Gasteiger partial charge on any atom is -0.370 e. The molecule has 0 aliphatic heterocycles. The summed E-state index contributed by atoms with van der Waals surface area (Å²) in [6.07, 6.45) is 1.82. The number of halogens is 3. The summed E-state index contributed by atoms with van der Waals surface area (Å²) in [5, 5.41) is 5.40. The minimum atomic E-state index is -0.859. The van der Waals surface area contributed by atoms with Gasteiger partial charge in [-0.05, 0) is 42.3 Å². The van der Waals surface area contributed by atoms with Crippen LogP contribution in [0.3, 0.4) is 0 Å². The molecule has 3 aromatic rings. The summed E-state index contributed by atoms with van der Waals surface area (Å²) in [6, 6.07) is 12.5. The van der Waals surface area contributed by atoms with Gasteiger partial charge in [-0.25, -0.2) is 18.2 Å². The van der Waals surface area contributed by atoms with Crippen LogP contribution in [0.2, 0.25) is 0 Å². The van der Waals surface area contributed by atoms with E-state index in [1.807, 2.05) is 0 Å². The van der Waals surface area contributed by atoms with Gasteiger partial charge >= 0.3 is 0 Å². The summed E-state index contributed by atoms with van der Waals surface area (Å²) >= 11 is 0. The Morgan fingerprint density at radius 2 is 1.78 bits per heavy atom. The molecule has 1 aromatic heterocycles. The Hall–Kier alpha value is -3.35. The number of amides is 1. The summed E-state index contributed by atoms with van der Waals surface area (Å²) in [6.45, 7) is 0.472. The molecule has 4 nitrogen and oxygen atoms in total. The van der Waals surface area contributed by atoms with Gasteiger partial charge in [-0.1, -0.05) is 18.2 Å². The van der Waals surface area contributed by atoms with E-state index in [1.54, 1.807) is 24.3 Å². The molecule has 1 amide bonds. The zero-order chi connectivity index (χ0) is 19.2. The highest BCUT2D eigenvalue weighted by Gasteiger charge is 2.10. The molecule has 0 fully saturated rings. The van der Waals surface area contributed by atoms with Crippen LogP contribution in [0.1, 0.15) is 15.9 Å². The number of nitrogens with one attached hydrogen (secondary N) is 2. The predicted molar refractivity (Wildman–Crippen MR) is 97.1 cm³/mol. The van der Waals surface area contributed by atoms with Crippen molar-refractivity contribution in [1.82, 2.24) is 4.98 Å². The summed E-state index contributed by atoms with van der Waals surface area (Å²) < 4.78 is 40.0. The Labute approximate surface area is 154 Å². The molecule has 0 saturated carbocycles. The molecule has 3 rings (SSSR count). The Morgan fingerprint density at radius 3 is 2.48 bits per heavy atom. The van der Waals surface area contributed by atoms with Crippen molar-refractivity contribution >= 4 is 17.4 Å². The summed E-state index contributed by atoms with van der Waals surface area (Å²) in [7, 11) is 0. The summed E-state index contributed by atoms with van der Waals surface area (Å²) in [4.78, 5) is 16.2.